The number of nitrogens with one attached hydrogen (secondary N) is 3. The van der Waals surface area contributed by atoms with E-state index in [0.29, 0.717) is 24.1 Å². The van der Waals surface area contributed by atoms with E-state index in [1.807, 2.05) is 38.1 Å². The van der Waals surface area contributed by atoms with Gasteiger partial charge in [0.05, 0.1) is 25.7 Å². The van der Waals surface area contributed by atoms with Crippen molar-refractivity contribution in [2.45, 2.75) is 19.9 Å². The van der Waals surface area contributed by atoms with Gasteiger partial charge in [0.2, 0.25) is 5.91 Å². The summed E-state index contributed by atoms with van der Waals surface area (Å²) in [5, 5.41) is 9.63. The number of benzene rings is 1. The summed E-state index contributed by atoms with van der Waals surface area (Å²) in [5.74, 6) is 0.412. The first-order valence-electron chi connectivity index (χ1n) is 7.89. The molecule has 0 aromatic heterocycles. The maximum Gasteiger partial charge on any atom is 0.324 e. The molecule has 0 spiro atoms. The standard InChI is InChI=1S/C16H22ClN5O2.HI/c1-3-18-15(19-8-9-22-14(23)10-20-16(22)24)21-11(2)12-4-6-13(17)7-5-12;/h4-7,11H,3,8-10H2,1-2H3,(H,20,24)(H2,18,19,21);1H. The smallest absolute Gasteiger partial charge is 0.324 e. The average molecular weight is 480 g/mol. The molecule has 1 saturated heterocycles. The van der Waals surface area contributed by atoms with Crippen molar-refractivity contribution in [1.29, 1.82) is 0 Å². The number of rotatable bonds is 6. The monoisotopic (exact) mass is 479 g/mol. The Kier molecular flexibility index (Phi) is 8.98. The average Bonchev–Trinajstić information content (AvgIpc) is 2.87. The zero-order valence-electron chi connectivity index (χ0n) is 14.2. The van der Waals surface area contributed by atoms with Gasteiger partial charge in [-0.2, -0.15) is 0 Å². The number of nitrogens with zero attached hydrogens (tertiary/aromatic N) is 2. The Hall–Kier alpha value is -1.55. The van der Waals surface area contributed by atoms with E-state index >= 15 is 0 Å². The summed E-state index contributed by atoms with van der Waals surface area (Å²) in [6.07, 6.45) is 0. The van der Waals surface area contributed by atoms with Crippen LogP contribution < -0.4 is 16.0 Å². The van der Waals surface area contributed by atoms with Crippen molar-refractivity contribution < 1.29 is 9.59 Å². The molecule has 1 unspecified atom stereocenters. The molecule has 7 nitrogen and oxygen atoms in total. The lowest BCUT2D eigenvalue weighted by atomic mass is 10.1. The molecule has 25 heavy (non-hydrogen) atoms. The maximum absolute atomic E-state index is 11.5. The van der Waals surface area contributed by atoms with Gasteiger partial charge in [0.15, 0.2) is 5.96 Å². The highest BCUT2D eigenvalue weighted by atomic mass is 127. The number of guanidine groups is 1. The number of carbonyl (C=O) groups is 2. The first kappa shape index (κ1) is 21.5. The van der Waals surface area contributed by atoms with Crippen LogP contribution in [0.2, 0.25) is 5.02 Å². The molecule has 0 radical (unpaired) electrons. The first-order chi connectivity index (χ1) is 11.5. The van der Waals surface area contributed by atoms with Crippen LogP contribution in [0.4, 0.5) is 4.79 Å². The number of halogens is 2. The Morgan fingerprint density at radius 1 is 1.36 bits per heavy atom. The summed E-state index contributed by atoms with van der Waals surface area (Å²) in [4.78, 5) is 28.6. The van der Waals surface area contributed by atoms with Gasteiger partial charge >= 0.3 is 6.03 Å². The molecular weight excluding hydrogens is 457 g/mol. The number of hydrogen-bond donors (Lipinski definition) is 3. The van der Waals surface area contributed by atoms with Crippen molar-refractivity contribution in [2.24, 2.45) is 4.99 Å². The molecule has 0 saturated carbocycles. The molecule has 2 rings (SSSR count). The lowest BCUT2D eigenvalue weighted by molar-refractivity contribution is -0.124. The van der Waals surface area contributed by atoms with Crippen LogP contribution in [0.15, 0.2) is 29.3 Å². The molecule has 9 heteroatoms. The van der Waals surface area contributed by atoms with Gasteiger partial charge < -0.3 is 16.0 Å². The van der Waals surface area contributed by atoms with Crippen LogP contribution >= 0.6 is 35.6 Å². The maximum atomic E-state index is 11.5. The Labute approximate surface area is 169 Å². The van der Waals surface area contributed by atoms with Crippen molar-refractivity contribution in [2.75, 3.05) is 26.2 Å². The Morgan fingerprint density at radius 2 is 2.04 bits per heavy atom. The van der Waals surface area contributed by atoms with Gasteiger partial charge in [0.1, 0.15) is 0 Å². The second-order valence-corrected chi connectivity index (χ2v) is 5.82. The van der Waals surface area contributed by atoms with E-state index in [1.54, 1.807) is 0 Å². The van der Waals surface area contributed by atoms with Gasteiger partial charge in [-0.3, -0.25) is 14.7 Å². The fourth-order valence-electron chi connectivity index (χ4n) is 2.30. The van der Waals surface area contributed by atoms with Crippen LogP contribution in [0.3, 0.4) is 0 Å². The van der Waals surface area contributed by atoms with Crippen LogP contribution in [0, 0.1) is 0 Å². The van der Waals surface area contributed by atoms with Gasteiger partial charge in [-0.15, -0.1) is 24.0 Å². The molecule has 1 aliphatic rings. The van der Waals surface area contributed by atoms with E-state index in [9.17, 15) is 9.59 Å². The molecule has 1 atom stereocenters. The van der Waals surface area contributed by atoms with Crippen molar-refractivity contribution in [1.82, 2.24) is 20.9 Å². The third kappa shape index (κ3) is 6.35. The Morgan fingerprint density at radius 3 is 2.60 bits per heavy atom. The predicted octanol–water partition coefficient (Wildman–Crippen LogP) is 2.13. The van der Waals surface area contributed by atoms with Crippen LogP contribution in [0.5, 0.6) is 0 Å². The highest BCUT2D eigenvalue weighted by Crippen LogP contribution is 2.15. The molecule has 1 aliphatic heterocycles. The zero-order chi connectivity index (χ0) is 17.5. The fourth-order valence-corrected chi connectivity index (χ4v) is 2.43. The summed E-state index contributed by atoms with van der Waals surface area (Å²) in [6, 6.07) is 7.28. The Balaban J connectivity index is 0.00000312. The van der Waals surface area contributed by atoms with Gasteiger partial charge in [-0.1, -0.05) is 23.7 Å². The largest absolute Gasteiger partial charge is 0.357 e. The SMILES string of the molecule is CCNC(=NCCN1C(=O)CNC1=O)NC(C)c1ccc(Cl)cc1.I. The normalized spacial score (nSPS) is 15.5. The zero-order valence-corrected chi connectivity index (χ0v) is 17.3. The molecule has 3 N–H and O–H groups in total. The second kappa shape index (κ2) is 10.4. The van der Waals surface area contributed by atoms with E-state index in [4.69, 9.17) is 11.6 Å². The third-order valence-corrected chi connectivity index (χ3v) is 3.85. The molecule has 0 aliphatic carbocycles. The molecule has 0 bridgehead atoms. The Bertz CT molecular complexity index is 607. The molecule has 1 aromatic carbocycles. The minimum atomic E-state index is -0.359. The van der Waals surface area contributed by atoms with Crippen molar-refractivity contribution >= 4 is 53.5 Å². The fraction of sp³-hybridized carbons (Fsp3) is 0.438. The van der Waals surface area contributed by atoms with Gasteiger partial charge in [0, 0.05) is 11.6 Å². The highest BCUT2D eigenvalue weighted by molar-refractivity contribution is 14.0. The van der Waals surface area contributed by atoms with E-state index in [-0.39, 0.29) is 55.0 Å². The molecular formula is C16H23ClIN5O2. The third-order valence-electron chi connectivity index (χ3n) is 3.60. The highest BCUT2D eigenvalue weighted by Gasteiger charge is 2.27. The van der Waals surface area contributed by atoms with Gasteiger partial charge in [-0.25, -0.2) is 4.79 Å². The van der Waals surface area contributed by atoms with E-state index in [0.717, 1.165) is 5.56 Å². The predicted molar refractivity (Wildman–Crippen MR) is 110 cm³/mol. The minimum absolute atomic E-state index is 0. The van der Waals surface area contributed by atoms with E-state index in [1.165, 1.54) is 4.90 Å². The number of amides is 3. The van der Waals surface area contributed by atoms with E-state index in [2.05, 4.69) is 20.9 Å². The van der Waals surface area contributed by atoms with Crippen molar-refractivity contribution in [3.63, 3.8) is 0 Å². The van der Waals surface area contributed by atoms with Crippen LogP contribution in [-0.2, 0) is 4.79 Å². The van der Waals surface area contributed by atoms with Crippen molar-refractivity contribution in [3.05, 3.63) is 34.9 Å². The summed E-state index contributed by atoms with van der Waals surface area (Å²) >= 11 is 5.90. The van der Waals surface area contributed by atoms with Gasteiger partial charge in [0.25, 0.3) is 0 Å². The molecule has 138 valence electrons. The summed E-state index contributed by atoms with van der Waals surface area (Å²) in [6.45, 7) is 5.37. The summed E-state index contributed by atoms with van der Waals surface area (Å²) in [7, 11) is 0. The topological polar surface area (TPSA) is 85.8 Å². The number of hydrogen-bond acceptors (Lipinski definition) is 3. The lowest BCUT2D eigenvalue weighted by Gasteiger charge is -2.18. The second-order valence-electron chi connectivity index (χ2n) is 5.38. The van der Waals surface area contributed by atoms with Crippen LogP contribution in [0.25, 0.3) is 0 Å². The molecule has 1 fully saturated rings. The van der Waals surface area contributed by atoms with E-state index < -0.39 is 0 Å². The molecule has 1 heterocycles. The minimum Gasteiger partial charge on any atom is -0.357 e. The quantitative estimate of drug-likeness (QED) is 0.253. The van der Waals surface area contributed by atoms with Gasteiger partial charge in [-0.05, 0) is 31.5 Å². The van der Waals surface area contributed by atoms with Crippen molar-refractivity contribution in [3.8, 4) is 0 Å². The lowest BCUT2D eigenvalue weighted by Crippen LogP contribution is -2.40. The summed E-state index contributed by atoms with van der Waals surface area (Å²) in [5.41, 5.74) is 1.08. The number of urea groups is 1. The number of carbonyl (C=O) groups excluding carboxylic acids is 2. The molecule has 1 aromatic rings. The number of aliphatic imine (C=N–C) groups is 1. The molecule has 3 amide bonds. The summed E-state index contributed by atoms with van der Waals surface area (Å²) < 4.78 is 0. The first-order valence-corrected chi connectivity index (χ1v) is 8.27. The number of imide groups is 1. The van der Waals surface area contributed by atoms with Crippen LogP contribution in [0.1, 0.15) is 25.5 Å². The van der Waals surface area contributed by atoms with Crippen LogP contribution in [-0.4, -0.2) is 49.0 Å².